The third-order valence-electron chi connectivity index (χ3n) is 5.57. The summed E-state index contributed by atoms with van der Waals surface area (Å²) in [7, 11) is 2.14. The molecule has 4 N–H and O–H groups in total. The third kappa shape index (κ3) is 9.72. The lowest BCUT2D eigenvalue weighted by atomic mass is 10.2. The lowest BCUT2D eigenvalue weighted by Crippen LogP contribution is -2.48. The largest absolute Gasteiger partial charge is 0.478 e. The van der Waals surface area contributed by atoms with Crippen molar-refractivity contribution < 1.29 is 39.6 Å². The molecule has 0 unspecified atom stereocenters. The fourth-order valence-corrected chi connectivity index (χ4v) is 4.51. The second kappa shape index (κ2) is 15.1. The molecule has 39 heavy (non-hydrogen) atoms. The van der Waals surface area contributed by atoms with Crippen molar-refractivity contribution in [3.8, 4) is 0 Å². The molecule has 2 aromatic rings. The average molecular weight is 559 g/mol. The molecule has 1 fully saturated rings. The highest BCUT2D eigenvalue weighted by atomic mass is 32.1. The first-order valence-corrected chi connectivity index (χ1v) is 12.7. The van der Waals surface area contributed by atoms with Crippen molar-refractivity contribution in [3.63, 3.8) is 0 Å². The fraction of sp³-hybridized carbons (Fsp3) is 0.269. The van der Waals surface area contributed by atoms with Gasteiger partial charge in [0.2, 0.25) is 0 Å². The second-order valence-corrected chi connectivity index (χ2v) is 8.84. The van der Waals surface area contributed by atoms with E-state index in [1.807, 2.05) is 0 Å². The van der Waals surface area contributed by atoms with Crippen LogP contribution in [-0.2, 0) is 19.2 Å². The molecule has 3 heterocycles. The number of carbonyl (C=O) groups is 4. The standard InChI is InChI=1S/C18H22N4S.2C4H4O4/c1-3-21-8-10-22(11-9-21)18-14-12-23-13-17(14)20(2)16-7-5-4-6-15(16)19-18;2*5-3(6)1-2-4(7)8/h4-7,12-13H,3,8-11H2,1-2H3;2*1-2H,(H,5,6)(H,7,8). The highest BCUT2D eigenvalue weighted by Gasteiger charge is 2.26. The zero-order valence-electron chi connectivity index (χ0n) is 21.4. The van der Waals surface area contributed by atoms with Gasteiger partial charge in [-0.25, -0.2) is 24.2 Å². The monoisotopic (exact) mass is 558 g/mol. The van der Waals surface area contributed by atoms with Crippen LogP contribution in [0.25, 0.3) is 0 Å². The van der Waals surface area contributed by atoms with Crippen LogP contribution < -0.4 is 4.90 Å². The molecular formula is C26H30N4O8S. The van der Waals surface area contributed by atoms with Gasteiger partial charge >= 0.3 is 23.9 Å². The number of aliphatic carboxylic acids is 4. The topological polar surface area (TPSA) is 171 Å². The van der Waals surface area contributed by atoms with Crippen LogP contribution in [0.1, 0.15) is 12.5 Å². The van der Waals surface area contributed by atoms with Crippen molar-refractivity contribution in [2.75, 3.05) is 44.7 Å². The van der Waals surface area contributed by atoms with Gasteiger partial charge in [-0.3, -0.25) is 0 Å². The molecule has 0 spiro atoms. The van der Waals surface area contributed by atoms with Gasteiger partial charge in [0.15, 0.2) is 0 Å². The van der Waals surface area contributed by atoms with Crippen LogP contribution in [0.2, 0.25) is 0 Å². The summed E-state index contributed by atoms with van der Waals surface area (Å²) in [6, 6.07) is 8.42. The Morgan fingerprint density at radius 2 is 1.33 bits per heavy atom. The number of aliphatic imine (C=N–C) groups is 1. The minimum absolute atomic E-state index is 0.558. The van der Waals surface area contributed by atoms with E-state index >= 15 is 0 Å². The summed E-state index contributed by atoms with van der Waals surface area (Å²) < 4.78 is 0. The number of fused-ring (bicyclic) bond motifs is 2. The number of anilines is 2. The quantitative estimate of drug-likeness (QED) is 0.398. The Kier molecular flexibility index (Phi) is 11.9. The maximum atomic E-state index is 9.55. The predicted octanol–water partition coefficient (Wildman–Crippen LogP) is 2.97. The van der Waals surface area contributed by atoms with Crippen molar-refractivity contribution in [1.82, 2.24) is 9.80 Å². The molecule has 13 heteroatoms. The Bertz CT molecular complexity index is 1200. The summed E-state index contributed by atoms with van der Waals surface area (Å²) in [5, 5.41) is 35.7. The zero-order chi connectivity index (χ0) is 28.9. The van der Waals surface area contributed by atoms with Crippen molar-refractivity contribution in [3.05, 3.63) is 64.9 Å². The van der Waals surface area contributed by atoms with Crippen molar-refractivity contribution in [2.24, 2.45) is 4.99 Å². The van der Waals surface area contributed by atoms with Gasteiger partial charge in [0.05, 0.1) is 22.6 Å². The number of nitrogens with zero attached hydrogens (tertiary/aromatic N) is 4. The molecule has 0 bridgehead atoms. The summed E-state index contributed by atoms with van der Waals surface area (Å²) >= 11 is 1.76. The summed E-state index contributed by atoms with van der Waals surface area (Å²) in [6.45, 7) is 7.71. The third-order valence-corrected chi connectivity index (χ3v) is 6.30. The van der Waals surface area contributed by atoms with Gasteiger partial charge in [-0.1, -0.05) is 19.1 Å². The molecule has 2 aliphatic heterocycles. The smallest absolute Gasteiger partial charge is 0.328 e. The Balaban J connectivity index is 0.000000277. The van der Waals surface area contributed by atoms with Crippen LogP contribution in [0.3, 0.4) is 0 Å². The number of thiophene rings is 1. The molecule has 2 aliphatic rings. The van der Waals surface area contributed by atoms with E-state index in [4.69, 9.17) is 25.4 Å². The summed E-state index contributed by atoms with van der Waals surface area (Å²) in [5.74, 6) is -3.89. The van der Waals surface area contributed by atoms with Gasteiger partial charge in [0.1, 0.15) is 5.84 Å². The summed E-state index contributed by atoms with van der Waals surface area (Å²) in [6.07, 6.45) is 2.23. The van der Waals surface area contributed by atoms with Crippen molar-refractivity contribution in [1.29, 1.82) is 0 Å². The molecule has 0 amide bonds. The number of likely N-dealkylation sites (N-methyl/N-ethyl adjacent to an activating group) is 1. The van der Waals surface area contributed by atoms with Gasteiger partial charge in [-0.15, -0.1) is 11.3 Å². The maximum Gasteiger partial charge on any atom is 0.328 e. The molecule has 0 atom stereocenters. The first kappa shape index (κ1) is 30.7. The first-order chi connectivity index (χ1) is 18.5. The Morgan fingerprint density at radius 1 is 0.821 bits per heavy atom. The van der Waals surface area contributed by atoms with Gasteiger partial charge in [-0.05, 0) is 18.7 Å². The minimum Gasteiger partial charge on any atom is -0.478 e. The maximum absolute atomic E-state index is 9.55. The van der Waals surface area contributed by atoms with E-state index in [9.17, 15) is 19.2 Å². The van der Waals surface area contributed by atoms with E-state index in [1.54, 1.807) is 11.3 Å². The molecule has 1 saturated heterocycles. The molecule has 0 aliphatic carbocycles. The highest BCUT2D eigenvalue weighted by Crippen LogP contribution is 2.40. The lowest BCUT2D eigenvalue weighted by Gasteiger charge is -2.36. The molecular weight excluding hydrogens is 528 g/mol. The number of rotatable bonds is 5. The first-order valence-electron chi connectivity index (χ1n) is 11.8. The second-order valence-electron chi connectivity index (χ2n) is 8.09. The van der Waals surface area contributed by atoms with Crippen LogP contribution in [-0.4, -0.2) is 99.7 Å². The van der Waals surface area contributed by atoms with E-state index in [0.717, 1.165) is 44.2 Å². The van der Waals surface area contributed by atoms with Gasteiger partial charge in [0.25, 0.3) is 0 Å². The number of piperazine rings is 1. The van der Waals surface area contributed by atoms with Crippen molar-refractivity contribution in [2.45, 2.75) is 6.92 Å². The number of hydrogen-bond donors (Lipinski definition) is 4. The van der Waals surface area contributed by atoms with Gasteiger partial charge in [0, 0.05) is 68.3 Å². The normalized spacial score (nSPS) is 14.7. The van der Waals surface area contributed by atoms with Crippen LogP contribution in [0.5, 0.6) is 0 Å². The molecule has 208 valence electrons. The summed E-state index contributed by atoms with van der Waals surface area (Å²) in [4.78, 5) is 50.5. The van der Waals surface area contributed by atoms with E-state index in [-0.39, 0.29) is 0 Å². The molecule has 0 radical (unpaired) electrons. The number of carboxylic acids is 4. The predicted molar refractivity (Wildman–Crippen MR) is 148 cm³/mol. The molecule has 1 aromatic carbocycles. The van der Waals surface area contributed by atoms with E-state index < -0.39 is 23.9 Å². The van der Waals surface area contributed by atoms with Gasteiger partial charge in [-0.2, -0.15) is 0 Å². The van der Waals surface area contributed by atoms with Crippen LogP contribution >= 0.6 is 11.3 Å². The highest BCUT2D eigenvalue weighted by molar-refractivity contribution is 7.08. The van der Waals surface area contributed by atoms with E-state index in [2.05, 4.69) is 63.7 Å². The number of para-hydroxylation sites is 2. The number of benzene rings is 1. The number of carboxylic acid groups (broad SMARTS) is 4. The number of amidine groups is 1. The fourth-order valence-electron chi connectivity index (χ4n) is 3.67. The molecule has 12 nitrogen and oxygen atoms in total. The molecule has 4 rings (SSSR count). The van der Waals surface area contributed by atoms with E-state index in [0.29, 0.717) is 24.3 Å². The average Bonchev–Trinajstić information content (AvgIpc) is 3.36. The van der Waals surface area contributed by atoms with Gasteiger partial charge < -0.3 is 35.1 Å². The SMILES string of the molecule is CCN1CCN(C2=Nc3ccccc3N(C)c3cscc32)CC1.O=C(O)C=CC(=O)O.O=C(O)C=CC(=O)O. The Labute approximate surface area is 229 Å². The van der Waals surface area contributed by atoms with Crippen LogP contribution in [0, 0.1) is 0 Å². The van der Waals surface area contributed by atoms with Crippen molar-refractivity contribution >= 4 is 58.1 Å². The lowest BCUT2D eigenvalue weighted by molar-refractivity contribution is -0.134. The molecule has 1 aromatic heterocycles. The number of hydrogen-bond acceptors (Lipinski definition) is 9. The van der Waals surface area contributed by atoms with Crippen LogP contribution in [0.4, 0.5) is 17.1 Å². The Hall–Kier alpha value is -4.49. The van der Waals surface area contributed by atoms with Crippen LogP contribution in [0.15, 0.2) is 64.3 Å². The minimum atomic E-state index is -1.26. The Morgan fingerprint density at radius 3 is 1.82 bits per heavy atom. The molecule has 0 saturated carbocycles. The summed E-state index contributed by atoms with van der Waals surface area (Å²) in [5.41, 5.74) is 4.76. The zero-order valence-corrected chi connectivity index (χ0v) is 22.2. The van der Waals surface area contributed by atoms with E-state index in [1.165, 1.54) is 16.9 Å².